The molecule has 2 aliphatic rings. The van der Waals surface area contributed by atoms with Crippen LogP contribution in [0.1, 0.15) is 75.3 Å². The van der Waals surface area contributed by atoms with Crippen LogP contribution in [0.25, 0.3) is 0 Å². The van der Waals surface area contributed by atoms with Crippen molar-refractivity contribution in [3.63, 3.8) is 0 Å². The van der Waals surface area contributed by atoms with Crippen molar-refractivity contribution in [2.24, 2.45) is 0 Å². The predicted molar refractivity (Wildman–Crippen MR) is 92.7 cm³/mol. The highest BCUT2D eigenvalue weighted by Crippen LogP contribution is 2.13. The lowest BCUT2D eigenvalue weighted by atomic mass is 10.0. The number of rotatable bonds is 0. The second kappa shape index (κ2) is 10.5. The molecule has 0 atom stereocenters. The molecule has 0 unspecified atom stereocenters. The third kappa shape index (κ3) is 7.34. The van der Waals surface area contributed by atoms with Crippen molar-refractivity contribution in [3.05, 3.63) is 53.3 Å². The standard InChI is InChI=1S/C21H30/c1-2-4-6-8-10-12-14-20-16-18-21(19-17-20)15-13-11-9-7-5-3-1/h2-3,16-19H,4-15H2. The maximum atomic E-state index is 3.35. The Morgan fingerprint density at radius 3 is 1.43 bits per heavy atom. The summed E-state index contributed by atoms with van der Waals surface area (Å²) in [6, 6.07) is 9.37. The van der Waals surface area contributed by atoms with Crippen molar-refractivity contribution in [2.45, 2.75) is 77.0 Å². The van der Waals surface area contributed by atoms with E-state index in [1.807, 2.05) is 0 Å². The van der Waals surface area contributed by atoms with E-state index in [1.54, 1.807) is 0 Å². The summed E-state index contributed by atoms with van der Waals surface area (Å²) in [5, 5.41) is 0. The molecule has 0 nitrogen and oxygen atoms in total. The average molecular weight is 282 g/mol. The Bertz CT molecular complexity index is 393. The summed E-state index contributed by atoms with van der Waals surface area (Å²) >= 11 is 0. The van der Waals surface area contributed by atoms with Crippen molar-refractivity contribution in [1.29, 1.82) is 0 Å². The Hall–Kier alpha value is -1.26. The summed E-state index contributed by atoms with van der Waals surface area (Å²) in [4.78, 5) is 0. The first-order chi connectivity index (χ1) is 10.4. The minimum absolute atomic E-state index is 1.20. The molecule has 2 bridgehead atoms. The molecule has 0 aromatic heterocycles. The molecule has 0 saturated heterocycles. The van der Waals surface area contributed by atoms with E-state index in [0.717, 1.165) is 0 Å². The fourth-order valence-corrected chi connectivity index (χ4v) is 2.98. The molecule has 0 aliphatic heterocycles. The normalized spacial score (nSPS) is 18.9. The number of benzene rings is 1. The quantitative estimate of drug-likeness (QED) is 0.483. The van der Waals surface area contributed by atoms with Crippen LogP contribution in [0.3, 0.4) is 0 Å². The van der Waals surface area contributed by atoms with Crippen LogP contribution in [0.2, 0.25) is 0 Å². The van der Waals surface area contributed by atoms with Gasteiger partial charge in [0.1, 0.15) is 0 Å². The van der Waals surface area contributed by atoms with E-state index in [4.69, 9.17) is 0 Å². The van der Waals surface area contributed by atoms with Gasteiger partial charge in [0.2, 0.25) is 0 Å². The molecular weight excluding hydrogens is 252 g/mol. The second-order valence-electron chi connectivity index (χ2n) is 6.30. The molecule has 0 heterocycles. The minimum atomic E-state index is 1.20. The van der Waals surface area contributed by atoms with E-state index in [2.05, 4.69) is 42.1 Å². The summed E-state index contributed by atoms with van der Waals surface area (Å²) in [6.07, 6.45) is 20.1. The van der Waals surface area contributed by atoms with Crippen molar-refractivity contribution >= 4 is 0 Å². The van der Waals surface area contributed by atoms with Gasteiger partial charge in [0, 0.05) is 0 Å². The van der Waals surface area contributed by atoms with Gasteiger partial charge in [-0.05, 0) is 74.6 Å². The fourth-order valence-electron chi connectivity index (χ4n) is 2.98. The van der Waals surface area contributed by atoms with Crippen molar-refractivity contribution in [3.8, 4) is 0 Å². The summed E-state index contributed by atoms with van der Waals surface area (Å²) in [5.41, 5.74) is 6.37. The molecule has 1 aromatic carbocycles. The highest BCUT2D eigenvalue weighted by molar-refractivity contribution is 5.22. The van der Waals surface area contributed by atoms with Gasteiger partial charge in [0.25, 0.3) is 0 Å². The number of allylic oxidation sites excluding steroid dienone is 1. The van der Waals surface area contributed by atoms with Crippen LogP contribution in [0.4, 0.5) is 0 Å². The smallest absolute Gasteiger partial charge is 0.0274 e. The van der Waals surface area contributed by atoms with Gasteiger partial charge in [0.15, 0.2) is 0 Å². The van der Waals surface area contributed by atoms with Gasteiger partial charge >= 0.3 is 0 Å². The lowest BCUT2D eigenvalue weighted by Crippen LogP contribution is -1.89. The molecule has 21 heavy (non-hydrogen) atoms. The summed E-state index contributed by atoms with van der Waals surface area (Å²) < 4.78 is 0. The number of aryl methyl sites for hydroxylation is 2. The van der Waals surface area contributed by atoms with Crippen LogP contribution in [0.15, 0.2) is 42.1 Å². The van der Waals surface area contributed by atoms with Gasteiger partial charge in [-0.1, -0.05) is 49.9 Å². The molecule has 0 N–H and O–H groups in total. The van der Waals surface area contributed by atoms with E-state index in [0.29, 0.717) is 0 Å². The van der Waals surface area contributed by atoms with E-state index in [1.165, 1.54) is 88.2 Å². The van der Waals surface area contributed by atoms with Gasteiger partial charge in [-0.15, -0.1) is 5.73 Å². The third-order valence-corrected chi connectivity index (χ3v) is 4.39. The SMILES string of the molecule is C1=CCCCCCCc2ccc(cc2)CCCCCCC=1. The average Bonchev–Trinajstić information content (AvgIpc) is 2.52. The zero-order valence-electron chi connectivity index (χ0n) is 13.4. The van der Waals surface area contributed by atoms with Crippen LogP contribution in [0.5, 0.6) is 0 Å². The molecule has 3 rings (SSSR count). The van der Waals surface area contributed by atoms with Crippen LogP contribution in [-0.2, 0) is 12.8 Å². The van der Waals surface area contributed by atoms with Crippen molar-refractivity contribution in [2.75, 3.05) is 0 Å². The topological polar surface area (TPSA) is 0 Å². The lowest BCUT2D eigenvalue weighted by molar-refractivity contribution is 0.645. The molecule has 114 valence electrons. The van der Waals surface area contributed by atoms with Gasteiger partial charge in [-0.25, -0.2) is 0 Å². The first kappa shape index (κ1) is 16.1. The van der Waals surface area contributed by atoms with E-state index in [9.17, 15) is 0 Å². The molecule has 2 aliphatic carbocycles. The van der Waals surface area contributed by atoms with E-state index in [-0.39, 0.29) is 0 Å². The largest absolute Gasteiger partial charge is 0.130 e. The highest BCUT2D eigenvalue weighted by atomic mass is 14.0. The zero-order chi connectivity index (χ0) is 14.6. The van der Waals surface area contributed by atoms with Crippen LogP contribution >= 0.6 is 0 Å². The fraction of sp³-hybridized carbons (Fsp3) is 0.571. The predicted octanol–water partition coefficient (Wildman–Crippen LogP) is 6.40. The van der Waals surface area contributed by atoms with Gasteiger partial charge in [-0.2, -0.15) is 0 Å². The van der Waals surface area contributed by atoms with Gasteiger partial charge in [0.05, 0.1) is 0 Å². The molecular formula is C21H30. The maximum absolute atomic E-state index is 3.35. The molecule has 0 amide bonds. The Morgan fingerprint density at radius 2 is 0.952 bits per heavy atom. The number of hydrogen-bond acceptors (Lipinski definition) is 0. The minimum Gasteiger partial charge on any atom is -0.130 e. The van der Waals surface area contributed by atoms with Crippen LogP contribution in [0, 0.1) is 0 Å². The van der Waals surface area contributed by atoms with Crippen molar-refractivity contribution in [1.82, 2.24) is 0 Å². The Morgan fingerprint density at radius 1 is 0.524 bits per heavy atom. The maximum Gasteiger partial charge on any atom is -0.0274 e. The van der Waals surface area contributed by atoms with Gasteiger partial charge < -0.3 is 0 Å². The van der Waals surface area contributed by atoms with Crippen LogP contribution < -0.4 is 0 Å². The molecule has 0 fully saturated rings. The summed E-state index contributed by atoms with van der Waals surface area (Å²) in [7, 11) is 0. The van der Waals surface area contributed by atoms with E-state index >= 15 is 0 Å². The molecule has 0 heteroatoms. The zero-order valence-corrected chi connectivity index (χ0v) is 13.4. The first-order valence-corrected chi connectivity index (χ1v) is 8.92. The third-order valence-electron chi connectivity index (χ3n) is 4.39. The Labute approximate surface area is 131 Å². The van der Waals surface area contributed by atoms with Crippen LogP contribution in [-0.4, -0.2) is 0 Å². The molecule has 0 saturated carbocycles. The summed E-state index contributed by atoms with van der Waals surface area (Å²) in [5.74, 6) is 0. The van der Waals surface area contributed by atoms with Gasteiger partial charge in [-0.3, -0.25) is 0 Å². The second-order valence-corrected chi connectivity index (χ2v) is 6.30. The molecule has 0 radical (unpaired) electrons. The van der Waals surface area contributed by atoms with E-state index < -0.39 is 0 Å². The number of fused-ring (bicyclic) bond motifs is 14. The highest BCUT2D eigenvalue weighted by Gasteiger charge is 1.97. The van der Waals surface area contributed by atoms with Crippen molar-refractivity contribution < 1.29 is 0 Å². The molecule has 1 aromatic rings. The Kier molecular flexibility index (Phi) is 8.03. The Balaban J connectivity index is 1.83. The molecule has 0 spiro atoms. The monoisotopic (exact) mass is 282 g/mol. The lowest BCUT2D eigenvalue weighted by Gasteiger charge is -2.05. The first-order valence-electron chi connectivity index (χ1n) is 8.92. The summed E-state index contributed by atoms with van der Waals surface area (Å²) in [6.45, 7) is 0. The number of hydrogen-bond donors (Lipinski definition) is 0.